The fraction of sp³-hybridized carbons (Fsp3) is 0.125. The Labute approximate surface area is 190 Å². The van der Waals surface area contributed by atoms with Crippen LogP contribution in [0, 0.1) is 10.1 Å². The third-order valence-corrected chi connectivity index (χ3v) is 7.14. The first-order chi connectivity index (χ1) is 15.9. The van der Waals surface area contributed by atoms with E-state index in [9.17, 15) is 23.3 Å². The molecule has 9 heteroatoms. The van der Waals surface area contributed by atoms with Crippen molar-refractivity contribution < 1.29 is 22.9 Å². The van der Waals surface area contributed by atoms with Crippen molar-refractivity contribution in [1.29, 1.82) is 0 Å². The zero-order valence-corrected chi connectivity index (χ0v) is 18.2. The Morgan fingerprint density at radius 1 is 1.00 bits per heavy atom. The Bertz CT molecular complexity index is 1290. The SMILES string of the molecule is O=C(/C=C1\CC(c2ccc([N+](=O)[O-])cc2)N1S(=O)(=O)c1ccccc1)OCc1ccccc1. The lowest BCUT2D eigenvalue weighted by atomic mass is 9.94. The van der Waals surface area contributed by atoms with Crippen LogP contribution < -0.4 is 0 Å². The number of carbonyl (C=O) groups excluding carboxylic acids is 1. The summed E-state index contributed by atoms with van der Waals surface area (Å²) in [6.45, 7) is 0.0701. The van der Waals surface area contributed by atoms with Gasteiger partial charge in [0.1, 0.15) is 6.61 Å². The predicted octanol–water partition coefficient (Wildman–Crippen LogP) is 4.36. The molecule has 0 aliphatic carbocycles. The average molecular weight is 464 g/mol. The summed E-state index contributed by atoms with van der Waals surface area (Å²) < 4.78 is 33.2. The van der Waals surface area contributed by atoms with E-state index in [2.05, 4.69) is 0 Å². The molecule has 4 rings (SSSR count). The number of nitrogens with zero attached hydrogens (tertiary/aromatic N) is 2. The third-order valence-electron chi connectivity index (χ3n) is 5.27. The first-order valence-corrected chi connectivity index (χ1v) is 11.6. The van der Waals surface area contributed by atoms with Crippen molar-refractivity contribution in [2.45, 2.75) is 24.0 Å². The summed E-state index contributed by atoms with van der Waals surface area (Å²) in [4.78, 5) is 22.9. The zero-order chi connectivity index (χ0) is 23.4. The van der Waals surface area contributed by atoms with Gasteiger partial charge in [-0.1, -0.05) is 60.7 Å². The smallest absolute Gasteiger partial charge is 0.332 e. The molecule has 1 aliphatic heterocycles. The van der Waals surface area contributed by atoms with Crippen LogP contribution in [-0.4, -0.2) is 23.6 Å². The number of carbonyl (C=O) groups is 1. The third kappa shape index (κ3) is 4.78. The molecule has 1 atom stereocenters. The van der Waals surface area contributed by atoms with Gasteiger partial charge >= 0.3 is 5.97 Å². The van der Waals surface area contributed by atoms with Gasteiger partial charge in [-0.3, -0.25) is 14.4 Å². The molecule has 1 aliphatic rings. The van der Waals surface area contributed by atoms with E-state index in [0.717, 1.165) is 5.56 Å². The van der Waals surface area contributed by atoms with Crippen LogP contribution in [0.5, 0.6) is 0 Å². The van der Waals surface area contributed by atoms with Gasteiger partial charge in [0.25, 0.3) is 15.7 Å². The molecule has 1 heterocycles. The summed E-state index contributed by atoms with van der Waals surface area (Å²) in [5.74, 6) is -0.649. The van der Waals surface area contributed by atoms with E-state index in [1.807, 2.05) is 30.3 Å². The Kier molecular flexibility index (Phi) is 6.23. The molecule has 3 aromatic carbocycles. The first-order valence-electron chi connectivity index (χ1n) is 10.1. The van der Waals surface area contributed by atoms with Gasteiger partial charge in [0.15, 0.2) is 0 Å². The van der Waals surface area contributed by atoms with Gasteiger partial charge in [-0.05, 0) is 23.3 Å². The topological polar surface area (TPSA) is 107 Å². The number of benzene rings is 3. The maximum Gasteiger partial charge on any atom is 0.332 e. The summed E-state index contributed by atoms with van der Waals surface area (Å²) >= 11 is 0. The minimum Gasteiger partial charge on any atom is -0.458 e. The van der Waals surface area contributed by atoms with E-state index in [-0.39, 0.29) is 23.6 Å². The number of hydrogen-bond donors (Lipinski definition) is 0. The van der Waals surface area contributed by atoms with E-state index >= 15 is 0 Å². The van der Waals surface area contributed by atoms with Crippen molar-refractivity contribution in [2.24, 2.45) is 0 Å². The van der Waals surface area contributed by atoms with E-state index in [4.69, 9.17) is 4.74 Å². The van der Waals surface area contributed by atoms with E-state index in [1.54, 1.807) is 18.2 Å². The summed E-state index contributed by atoms with van der Waals surface area (Å²) in [5.41, 5.74) is 1.61. The van der Waals surface area contributed by atoms with Crippen molar-refractivity contribution in [2.75, 3.05) is 0 Å². The molecule has 0 aromatic heterocycles. The van der Waals surface area contributed by atoms with E-state index in [1.165, 1.54) is 46.8 Å². The molecule has 0 amide bonds. The Balaban J connectivity index is 1.61. The molecular formula is C24H20N2O6S. The molecular weight excluding hydrogens is 444 g/mol. The van der Waals surface area contributed by atoms with Crippen LogP contribution in [-0.2, 0) is 26.2 Å². The van der Waals surface area contributed by atoms with Crippen LogP contribution in [0.15, 0.2) is 102 Å². The molecule has 1 saturated heterocycles. The molecule has 0 spiro atoms. The van der Waals surface area contributed by atoms with Crippen molar-refractivity contribution in [3.05, 3.63) is 118 Å². The van der Waals surface area contributed by atoms with Crippen LogP contribution in [0.2, 0.25) is 0 Å². The Morgan fingerprint density at radius 3 is 2.21 bits per heavy atom. The highest BCUT2D eigenvalue weighted by molar-refractivity contribution is 7.89. The van der Waals surface area contributed by atoms with E-state index in [0.29, 0.717) is 11.3 Å². The average Bonchev–Trinajstić information content (AvgIpc) is 2.81. The number of non-ortho nitro benzene ring substituents is 1. The molecule has 0 saturated carbocycles. The number of sulfonamides is 1. The fourth-order valence-electron chi connectivity index (χ4n) is 3.59. The van der Waals surface area contributed by atoms with Crippen LogP contribution in [0.25, 0.3) is 0 Å². The van der Waals surface area contributed by atoms with Gasteiger partial charge < -0.3 is 4.74 Å². The molecule has 3 aromatic rings. The summed E-state index contributed by atoms with van der Waals surface area (Å²) in [7, 11) is -3.96. The lowest BCUT2D eigenvalue weighted by molar-refractivity contribution is -0.384. The van der Waals surface area contributed by atoms with E-state index < -0.39 is 27.0 Å². The molecule has 33 heavy (non-hydrogen) atoms. The van der Waals surface area contributed by atoms with Crippen LogP contribution >= 0.6 is 0 Å². The maximum absolute atomic E-state index is 13.4. The minimum absolute atomic E-state index is 0.0701. The van der Waals surface area contributed by atoms with Gasteiger partial charge in [-0.15, -0.1) is 0 Å². The van der Waals surface area contributed by atoms with Gasteiger partial charge in [0.05, 0.1) is 15.9 Å². The number of ether oxygens (including phenoxy) is 1. The number of hydrogen-bond acceptors (Lipinski definition) is 6. The zero-order valence-electron chi connectivity index (χ0n) is 17.4. The van der Waals surface area contributed by atoms with Crippen LogP contribution in [0.4, 0.5) is 5.69 Å². The second-order valence-corrected chi connectivity index (χ2v) is 9.23. The van der Waals surface area contributed by atoms with Crippen molar-refractivity contribution in [3.63, 3.8) is 0 Å². The van der Waals surface area contributed by atoms with Crippen molar-refractivity contribution >= 4 is 21.7 Å². The lowest BCUT2D eigenvalue weighted by Gasteiger charge is -2.44. The highest BCUT2D eigenvalue weighted by atomic mass is 32.2. The second kappa shape index (κ2) is 9.25. The fourth-order valence-corrected chi connectivity index (χ4v) is 5.28. The van der Waals surface area contributed by atoms with Crippen molar-refractivity contribution in [3.8, 4) is 0 Å². The quantitative estimate of drug-likeness (QED) is 0.223. The predicted molar refractivity (Wildman–Crippen MR) is 120 cm³/mol. The highest BCUT2D eigenvalue weighted by Crippen LogP contribution is 2.46. The summed E-state index contributed by atoms with van der Waals surface area (Å²) in [5, 5.41) is 11.0. The molecule has 8 nitrogen and oxygen atoms in total. The largest absolute Gasteiger partial charge is 0.458 e. The van der Waals surface area contributed by atoms with Crippen molar-refractivity contribution in [1.82, 2.24) is 4.31 Å². The van der Waals surface area contributed by atoms with Crippen LogP contribution in [0.1, 0.15) is 23.6 Å². The van der Waals surface area contributed by atoms with Gasteiger partial charge in [-0.2, -0.15) is 0 Å². The molecule has 168 valence electrons. The van der Waals surface area contributed by atoms with Gasteiger partial charge in [0, 0.05) is 30.3 Å². The Morgan fingerprint density at radius 2 is 1.61 bits per heavy atom. The molecule has 0 bridgehead atoms. The number of nitro groups is 1. The molecule has 1 unspecified atom stereocenters. The number of esters is 1. The normalized spacial score (nSPS) is 16.8. The maximum atomic E-state index is 13.4. The summed E-state index contributed by atoms with van der Waals surface area (Å²) in [6, 6.07) is 22.2. The number of rotatable bonds is 7. The Hall–Kier alpha value is -3.98. The van der Waals surface area contributed by atoms with Gasteiger partial charge in [-0.25, -0.2) is 13.2 Å². The van der Waals surface area contributed by atoms with Gasteiger partial charge in [0.2, 0.25) is 0 Å². The standard InChI is InChI=1S/C24H20N2O6S/c27-24(32-17-18-7-3-1-4-8-18)16-21-15-23(19-11-13-20(14-12-19)26(28)29)25(21)33(30,31)22-9-5-2-6-10-22/h1-14,16,23H,15,17H2/b21-16+. The molecule has 0 N–H and O–H groups in total. The monoisotopic (exact) mass is 464 g/mol. The second-order valence-electron chi connectivity index (χ2n) is 7.41. The lowest BCUT2D eigenvalue weighted by Crippen LogP contribution is -2.43. The first kappa shape index (κ1) is 22.2. The molecule has 1 fully saturated rings. The summed E-state index contributed by atoms with van der Waals surface area (Å²) in [6.07, 6.45) is 1.45. The molecule has 0 radical (unpaired) electrons. The number of nitro benzene ring substituents is 1. The highest BCUT2D eigenvalue weighted by Gasteiger charge is 2.43. The van der Waals surface area contributed by atoms with Crippen LogP contribution in [0.3, 0.4) is 0 Å². The minimum atomic E-state index is -3.96.